The van der Waals surface area contributed by atoms with E-state index < -0.39 is 0 Å². The van der Waals surface area contributed by atoms with Gasteiger partial charge < -0.3 is 5.73 Å². The zero-order valence-corrected chi connectivity index (χ0v) is 8.41. The lowest BCUT2D eigenvalue weighted by Gasteiger charge is -2.30. The highest BCUT2D eigenvalue weighted by molar-refractivity contribution is 8.00. The van der Waals surface area contributed by atoms with Gasteiger partial charge in [0.05, 0.1) is 0 Å². The van der Waals surface area contributed by atoms with Crippen LogP contribution < -0.4 is 5.73 Å². The van der Waals surface area contributed by atoms with Crippen molar-refractivity contribution in [2.24, 2.45) is 11.1 Å². The van der Waals surface area contributed by atoms with Crippen LogP contribution in [0.15, 0.2) is 0 Å². The summed E-state index contributed by atoms with van der Waals surface area (Å²) >= 11 is 2.13. The first-order valence-corrected chi connectivity index (χ1v) is 5.53. The van der Waals surface area contributed by atoms with E-state index in [1.165, 1.54) is 25.0 Å². The van der Waals surface area contributed by atoms with Crippen LogP contribution in [0.5, 0.6) is 0 Å². The van der Waals surface area contributed by atoms with Crippen molar-refractivity contribution in [2.75, 3.05) is 12.3 Å². The SMILES string of the molecule is CC(C)(CCN)C1CCCS1. The van der Waals surface area contributed by atoms with Crippen LogP contribution in [-0.2, 0) is 0 Å². The highest BCUT2D eigenvalue weighted by atomic mass is 32.2. The van der Waals surface area contributed by atoms with Crippen molar-refractivity contribution >= 4 is 11.8 Å². The van der Waals surface area contributed by atoms with E-state index in [2.05, 4.69) is 25.6 Å². The van der Waals surface area contributed by atoms with Crippen LogP contribution >= 0.6 is 11.8 Å². The number of hydrogen-bond donors (Lipinski definition) is 1. The summed E-state index contributed by atoms with van der Waals surface area (Å²) in [7, 11) is 0. The topological polar surface area (TPSA) is 26.0 Å². The molecule has 0 amide bonds. The van der Waals surface area contributed by atoms with E-state index >= 15 is 0 Å². The van der Waals surface area contributed by atoms with Crippen LogP contribution in [0.1, 0.15) is 33.1 Å². The molecule has 66 valence electrons. The van der Waals surface area contributed by atoms with Gasteiger partial charge in [-0.05, 0) is 37.0 Å². The summed E-state index contributed by atoms with van der Waals surface area (Å²) in [4.78, 5) is 0. The fourth-order valence-electron chi connectivity index (χ4n) is 1.73. The summed E-state index contributed by atoms with van der Waals surface area (Å²) in [5.74, 6) is 1.36. The number of thioether (sulfide) groups is 1. The lowest BCUT2D eigenvalue weighted by atomic mass is 9.83. The van der Waals surface area contributed by atoms with Gasteiger partial charge in [0.15, 0.2) is 0 Å². The molecule has 1 fully saturated rings. The van der Waals surface area contributed by atoms with Gasteiger partial charge in [-0.15, -0.1) is 0 Å². The van der Waals surface area contributed by atoms with Crippen LogP contribution in [0.4, 0.5) is 0 Å². The predicted octanol–water partition coefficient (Wildman–Crippen LogP) is 2.26. The molecule has 1 aliphatic heterocycles. The zero-order chi connectivity index (χ0) is 8.32. The Labute approximate surface area is 74.1 Å². The Hall–Kier alpha value is 0.310. The van der Waals surface area contributed by atoms with E-state index in [9.17, 15) is 0 Å². The Kier molecular flexibility index (Phi) is 3.26. The molecule has 1 rings (SSSR count). The highest BCUT2D eigenvalue weighted by Crippen LogP contribution is 2.41. The quantitative estimate of drug-likeness (QED) is 0.708. The van der Waals surface area contributed by atoms with Crippen LogP contribution in [-0.4, -0.2) is 17.5 Å². The maximum atomic E-state index is 5.57. The molecule has 1 atom stereocenters. The van der Waals surface area contributed by atoms with E-state index in [1.54, 1.807) is 0 Å². The molecule has 1 nitrogen and oxygen atoms in total. The van der Waals surface area contributed by atoms with Gasteiger partial charge in [-0.25, -0.2) is 0 Å². The Morgan fingerprint density at radius 1 is 1.55 bits per heavy atom. The summed E-state index contributed by atoms with van der Waals surface area (Å²) in [6.07, 6.45) is 3.98. The number of hydrogen-bond acceptors (Lipinski definition) is 2. The molecule has 0 radical (unpaired) electrons. The molecule has 2 N–H and O–H groups in total. The van der Waals surface area contributed by atoms with Crippen molar-refractivity contribution in [1.29, 1.82) is 0 Å². The van der Waals surface area contributed by atoms with Crippen LogP contribution in [0.3, 0.4) is 0 Å². The zero-order valence-electron chi connectivity index (χ0n) is 7.60. The lowest BCUT2D eigenvalue weighted by molar-refractivity contribution is 0.322. The molecular formula is C9H19NS. The largest absolute Gasteiger partial charge is 0.330 e. The third-order valence-electron chi connectivity index (χ3n) is 2.59. The minimum absolute atomic E-state index is 0.468. The standard InChI is InChI=1S/C9H19NS/c1-9(2,5-6-10)8-4-3-7-11-8/h8H,3-7,10H2,1-2H3. The average Bonchev–Trinajstić information content (AvgIpc) is 2.37. The minimum atomic E-state index is 0.468. The molecule has 1 saturated heterocycles. The van der Waals surface area contributed by atoms with Crippen molar-refractivity contribution in [3.05, 3.63) is 0 Å². The molecule has 0 spiro atoms. The predicted molar refractivity (Wildman–Crippen MR) is 52.9 cm³/mol. The average molecular weight is 173 g/mol. The third kappa shape index (κ3) is 2.38. The Morgan fingerprint density at radius 3 is 2.73 bits per heavy atom. The second-order valence-corrected chi connectivity index (χ2v) is 5.34. The van der Waals surface area contributed by atoms with Crippen molar-refractivity contribution in [3.8, 4) is 0 Å². The first-order valence-electron chi connectivity index (χ1n) is 4.48. The molecule has 0 saturated carbocycles. The number of rotatable bonds is 3. The summed E-state index contributed by atoms with van der Waals surface area (Å²) in [6.45, 7) is 5.54. The van der Waals surface area contributed by atoms with E-state index in [0.29, 0.717) is 5.41 Å². The fraction of sp³-hybridized carbons (Fsp3) is 1.00. The first-order chi connectivity index (χ1) is 5.17. The van der Waals surface area contributed by atoms with E-state index in [4.69, 9.17) is 5.73 Å². The third-order valence-corrected chi connectivity index (χ3v) is 4.39. The molecule has 0 aromatic heterocycles. The van der Waals surface area contributed by atoms with Gasteiger partial charge in [0.1, 0.15) is 0 Å². The van der Waals surface area contributed by atoms with Gasteiger partial charge in [-0.2, -0.15) is 11.8 Å². The normalized spacial score (nSPS) is 25.9. The van der Waals surface area contributed by atoms with Crippen molar-refractivity contribution in [2.45, 2.75) is 38.4 Å². The van der Waals surface area contributed by atoms with E-state index in [0.717, 1.165) is 11.8 Å². The van der Waals surface area contributed by atoms with Crippen molar-refractivity contribution in [1.82, 2.24) is 0 Å². The second-order valence-electron chi connectivity index (χ2n) is 4.03. The molecule has 0 aromatic rings. The Balaban J connectivity index is 2.41. The molecule has 1 unspecified atom stereocenters. The van der Waals surface area contributed by atoms with E-state index in [1.807, 2.05) is 0 Å². The van der Waals surface area contributed by atoms with Crippen LogP contribution in [0.25, 0.3) is 0 Å². The van der Waals surface area contributed by atoms with Gasteiger partial charge in [0, 0.05) is 5.25 Å². The van der Waals surface area contributed by atoms with Crippen molar-refractivity contribution < 1.29 is 0 Å². The van der Waals surface area contributed by atoms with Crippen LogP contribution in [0.2, 0.25) is 0 Å². The molecule has 0 aliphatic carbocycles. The monoisotopic (exact) mass is 173 g/mol. The summed E-state index contributed by atoms with van der Waals surface area (Å²) in [6, 6.07) is 0. The summed E-state index contributed by atoms with van der Waals surface area (Å²) < 4.78 is 0. The Morgan fingerprint density at radius 2 is 2.27 bits per heavy atom. The van der Waals surface area contributed by atoms with Gasteiger partial charge in [-0.3, -0.25) is 0 Å². The van der Waals surface area contributed by atoms with Crippen LogP contribution in [0, 0.1) is 5.41 Å². The molecule has 0 aromatic carbocycles. The minimum Gasteiger partial charge on any atom is -0.330 e. The molecule has 1 heterocycles. The molecule has 0 bridgehead atoms. The van der Waals surface area contributed by atoms with Gasteiger partial charge in [-0.1, -0.05) is 13.8 Å². The maximum absolute atomic E-state index is 5.57. The summed E-state index contributed by atoms with van der Waals surface area (Å²) in [5, 5.41) is 0.867. The van der Waals surface area contributed by atoms with Gasteiger partial charge >= 0.3 is 0 Å². The summed E-state index contributed by atoms with van der Waals surface area (Å²) in [5.41, 5.74) is 6.04. The molecule has 1 aliphatic rings. The molecular weight excluding hydrogens is 154 g/mol. The van der Waals surface area contributed by atoms with Gasteiger partial charge in [0.2, 0.25) is 0 Å². The van der Waals surface area contributed by atoms with Gasteiger partial charge in [0.25, 0.3) is 0 Å². The van der Waals surface area contributed by atoms with Crippen molar-refractivity contribution in [3.63, 3.8) is 0 Å². The first kappa shape index (κ1) is 9.40. The second kappa shape index (κ2) is 3.81. The molecule has 2 heteroatoms. The maximum Gasteiger partial charge on any atom is 0.00989 e. The fourth-order valence-corrected chi connectivity index (χ4v) is 3.25. The lowest BCUT2D eigenvalue weighted by Crippen LogP contribution is -2.27. The highest BCUT2D eigenvalue weighted by Gasteiger charge is 2.31. The Bertz CT molecular complexity index is 117. The number of nitrogens with two attached hydrogens (primary N) is 1. The molecule has 11 heavy (non-hydrogen) atoms. The smallest absolute Gasteiger partial charge is 0.00989 e. The van der Waals surface area contributed by atoms with E-state index in [-0.39, 0.29) is 0 Å².